The number of benzene rings is 2. The predicted molar refractivity (Wildman–Crippen MR) is 104 cm³/mol. The topological polar surface area (TPSA) is 38.8 Å². The van der Waals surface area contributed by atoms with E-state index in [0.717, 1.165) is 36.8 Å². The van der Waals surface area contributed by atoms with Gasteiger partial charge in [-0.15, -0.1) is 0 Å². The Balaban J connectivity index is 1.46. The highest BCUT2D eigenvalue weighted by molar-refractivity contribution is 5.79. The Hall–Kier alpha value is -2.17. The molecule has 0 radical (unpaired) electrons. The Labute approximate surface area is 161 Å². The van der Waals surface area contributed by atoms with Crippen molar-refractivity contribution in [1.82, 2.24) is 4.90 Å². The number of hydrogen-bond donors (Lipinski definition) is 0. The molecule has 1 amide bonds. The summed E-state index contributed by atoms with van der Waals surface area (Å²) in [6, 6.07) is 20.5. The molecule has 142 valence electrons. The predicted octanol–water partition coefficient (Wildman–Crippen LogP) is 4.15. The first-order chi connectivity index (χ1) is 13.2. The minimum absolute atomic E-state index is 0.0517. The minimum Gasteiger partial charge on any atom is -0.348 e. The SMILES string of the molecule is O=C(C1CCC2(CC1)OCCO2)N(Cc1ccccc1)Cc1ccccc1. The molecule has 4 heteroatoms. The molecule has 2 aromatic carbocycles. The van der Waals surface area contributed by atoms with Crippen LogP contribution in [0.1, 0.15) is 36.8 Å². The molecular weight excluding hydrogens is 338 g/mol. The van der Waals surface area contributed by atoms with Gasteiger partial charge in [0.05, 0.1) is 13.2 Å². The normalized spacial score (nSPS) is 19.3. The number of amides is 1. The first-order valence-electron chi connectivity index (χ1n) is 9.89. The third kappa shape index (κ3) is 4.40. The maximum atomic E-state index is 13.4. The lowest BCUT2D eigenvalue weighted by molar-refractivity contribution is -0.185. The van der Waals surface area contributed by atoms with Crippen molar-refractivity contribution in [2.75, 3.05) is 13.2 Å². The fourth-order valence-corrected chi connectivity index (χ4v) is 4.17. The quantitative estimate of drug-likeness (QED) is 0.799. The number of ether oxygens (including phenoxy) is 2. The van der Waals surface area contributed by atoms with Gasteiger partial charge in [-0.25, -0.2) is 0 Å². The molecule has 4 rings (SSSR count). The lowest BCUT2D eigenvalue weighted by atomic mass is 9.84. The van der Waals surface area contributed by atoms with Gasteiger partial charge < -0.3 is 14.4 Å². The van der Waals surface area contributed by atoms with E-state index >= 15 is 0 Å². The van der Waals surface area contributed by atoms with E-state index in [1.54, 1.807) is 0 Å². The fraction of sp³-hybridized carbons (Fsp3) is 0.435. The number of carbonyl (C=O) groups excluding carboxylic acids is 1. The van der Waals surface area contributed by atoms with Crippen molar-refractivity contribution >= 4 is 5.91 Å². The zero-order valence-corrected chi connectivity index (χ0v) is 15.7. The van der Waals surface area contributed by atoms with Crippen LogP contribution in [0.2, 0.25) is 0 Å². The fourth-order valence-electron chi connectivity index (χ4n) is 4.17. The van der Waals surface area contributed by atoms with E-state index in [9.17, 15) is 4.79 Å². The van der Waals surface area contributed by atoms with Gasteiger partial charge in [-0.2, -0.15) is 0 Å². The maximum Gasteiger partial charge on any atom is 0.226 e. The summed E-state index contributed by atoms with van der Waals surface area (Å²) in [6.07, 6.45) is 3.29. The van der Waals surface area contributed by atoms with Gasteiger partial charge in [0.1, 0.15) is 0 Å². The zero-order chi connectivity index (χ0) is 18.5. The Morgan fingerprint density at radius 2 is 1.33 bits per heavy atom. The van der Waals surface area contributed by atoms with Crippen LogP contribution in [-0.2, 0) is 27.4 Å². The van der Waals surface area contributed by atoms with Crippen LogP contribution in [-0.4, -0.2) is 29.8 Å². The van der Waals surface area contributed by atoms with Crippen LogP contribution >= 0.6 is 0 Å². The Morgan fingerprint density at radius 3 is 1.81 bits per heavy atom. The molecule has 0 aromatic heterocycles. The van der Waals surface area contributed by atoms with Gasteiger partial charge in [-0.1, -0.05) is 60.7 Å². The molecule has 1 aliphatic carbocycles. The Kier molecular flexibility index (Phi) is 5.55. The van der Waals surface area contributed by atoms with Gasteiger partial charge in [0, 0.05) is 31.8 Å². The van der Waals surface area contributed by atoms with E-state index in [-0.39, 0.29) is 11.8 Å². The molecule has 0 unspecified atom stereocenters. The highest BCUT2D eigenvalue weighted by Crippen LogP contribution is 2.39. The second kappa shape index (κ2) is 8.24. The molecule has 4 nitrogen and oxygen atoms in total. The molecule has 0 bridgehead atoms. The summed E-state index contributed by atoms with van der Waals surface area (Å²) in [5.74, 6) is -0.119. The molecule has 2 fully saturated rings. The second-order valence-corrected chi connectivity index (χ2v) is 7.55. The van der Waals surface area contributed by atoms with Gasteiger partial charge in [-0.3, -0.25) is 4.79 Å². The van der Waals surface area contributed by atoms with Crippen LogP contribution in [0.3, 0.4) is 0 Å². The summed E-state index contributed by atoms with van der Waals surface area (Å²) in [5.41, 5.74) is 2.33. The molecule has 1 spiro atoms. The standard InChI is InChI=1S/C23H27NO3/c25-22(21-11-13-23(14-12-21)26-15-16-27-23)24(17-19-7-3-1-4-8-19)18-20-9-5-2-6-10-20/h1-10,21H,11-18H2. The van der Waals surface area contributed by atoms with Crippen molar-refractivity contribution in [3.8, 4) is 0 Å². The van der Waals surface area contributed by atoms with E-state index in [2.05, 4.69) is 24.3 Å². The number of hydrogen-bond acceptors (Lipinski definition) is 3. The zero-order valence-electron chi connectivity index (χ0n) is 15.7. The van der Waals surface area contributed by atoms with Crippen LogP contribution in [0.5, 0.6) is 0 Å². The monoisotopic (exact) mass is 365 g/mol. The molecule has 1 aliphatic heterocycles. The molecule has 1 saturated carbocycles. The Bertz CT molecular complexity index is 689. The van der Waals surface area contributed by atoms with E-state index < -0.39 is 5.79 Å². The van der Waals surface area contributed by atoms with E-state index in [1.165, 1.54) is 0 Å². The highest BCUT2D eigenvalue weighted by Gasteiger charge is 2.42. The molecular formula is C23H27NO3. The molecule has 2 aromatic rings. The molecule has 1 heterocycles. The van der Waals surface area contributed by atoms with Crippen LogP contribution in [0, 0.1) is 5.92 Å². The Morgan fingerprint density at radius 1 is 0.852 bits per heavy atom. The number of nitrogens with zero attached hydrogens (tertiary/aromatic N) is 1. The van der Waals surface area contributed by atoms with Crippen molar-refractivity contribution in [2.24, 2.45) is 5.92 Å². The summed E-state index contributed by atoms with van der Waals surface area (Å²) < 4.78 is 11.6. The highest BCUT2D eigenvalue weighted by atomic mass is 16.7. The lowest BCUT2D eigenvalue weighted by Crippen LogP contribution is -2.41. The van der Waals surface area contributed by atoms with Crippen LogP contribution in [0.15, 0.2) is 60.7 Å². The van der Waals surface area contributed by atoms with Gasteiger partial charge in [-0.05, 0) is 24.0 Å². The number of carbonyl (C=O) groups is 1. The molecule has 0 N–H and O–H groups in total. The minimum atomic E-state index is -0.416. The smallest absolute Gasteiger partial charge is 0.226 e. The summed E-state index contributed by atoms with van der Waals surface area (Å²) in [5, 5.41) is 0. The van der Waals surface area contributed by atoms with Crippen molar-refractivity contribution in [2.45, 2.75) is 44.6 Å². The van der Waals surface area contributed by atoms with Crippen molar-refractivity contribution < 1.29 is 14.3 Å². The van der Waals surface area contributed by atoms with Crippen LogP contribution < -0.4 is 0 Å². The van der Waals surface area contributed by atoms with Gasteiger partial charge in [0.2, 0.25) is 5.91 Å². The van der Waals surface area contributed by atoms with Crippen molar-refractivity contribution in [1.29, 1.82) is 0 Å². The first kappa shape index (κ1) is 18.2. The molecule has 2 aliphatic rings. The van der Waals surface area contributed by atoms with Crippen molar-refractivity contribution in [3.63, 3.8) is 0 Å². The molecule has 27 heavy (non-hydrogen) atoms. The lowest BCUT2D eigenvalue weighted by Gasteiger charge is -2.36. The largest absolute Gasteiger partial charge is 0.348 e. The molecule has 0 atom stereocenters. The average molecular weight is 365 g/mol. The summed E-state index contributed by atoms with van der Waals surface area (Å²) in [7, 11) is 0. The first-order valence-corrected chi connectivity index (χ1v) is 9.89. The summed E-state index contributed by atoms with van der Waals surface area (Å²) >= 11 is 0. The van der Waals surface area contributed by atoms with Gasteiger partial charge in [0.25, 0.3) is 0 Å². The van der Waals surface area contributed by atoms with Gasteiger partial charge in [0.15, 0.2) is 5.79 Å². The van der Waals surface area contributed by atoms with Crippen LogP contribution in [0.25, 0.3) is 0 Å². The number of rotatable bonds is 5. The second-order valence-electron chi connectivity index (χ2n) is 7.55. The van der Waals surface area contributed by atoms with E-state index in [1.807, 2.05) is 41.3 Å². The van der Waals surface area contributed by atoms with Gasteiger partial charge >= 0.3 is 0 Å². The summed E-state index contributed by atoms with van der Waals surface area (Å²) in [6.45, 7) is 2.63. The molecule has 1 saturated heterocycles. The van der Waals surface area contributed by atoms with E-state index in [0.29, 0.717) is 26.3 Å². The average Bonchev–Trinajstić information content (AvgIpc) is 3.17. The third-order valence-electron chi connectivity index (χ3n) is 5.65. The third-order valence-corrected chi connectivity index (χ3v) is 5.65. The van der Waals surface area contributed by atoms with E-state index in [4.69, 9.17) is 9.47 Å². The van der Waals surface area contributed by atoms with Crippen molar-refractivity contribution in [3.05, 3.63) is 71.8 Å². The maximum absolute atomic E-state index is 13.4. The van der Waals surface area contributed by atoms with Crippen LogP contribution in [0.4, 0.5) is 0 Å². The summed E-state index contributed by atoms with van der Waals surface area (Å²) in [4.78, 5) is 15.4.